The molecule has 0 atom stereocenters. The Morgan fingerprint density at radius 3 is 2.14 bits per heavy atom. The molecule has 0 aliphatic carbocycles. The van der Waals surface area contributed by atoms with E-state index in [4.69, 9.17) is 0 Å². The highest BCUT2D eigenvalue weighted by Crippen LogP contribution is 2.28. The number of benzene rings is 1. The first-order valence-corrected chi connectivity index (χ1v) is 9.17. The van der Waals surface area contributed by atoms with Crippen LogP contribution in [-0.2, 0) is 6.42 Å². The lowest BCUT2D eigenvalue weighted by Gasteiger charge is -2.34. The molecule has 1 fully saturated rings. The van der Waals surface area contributed by atoms with Gasteiger partial charge in [0.2, 0.25) is 0 Å². The summed E-state index contributed by atoms with van der Waals surface area (Å²) in [5.74, 6) is 1.81. The van der Waals surface area contributed by atoms with Crippen molar-refractivity contribution in [1.29, 1.82) is 0 Å². The Morgan fingerprint density at radius 2 is 1.64 bits per heavy atom. The molecule has 0 amide bonds. The zero-order chi connectivity index (χ0) is 16.2. The van der Waals surface area contributed by atoms with Crippen LogP contribution in [0.5, 0.6) is 0 Å². The second-order valence-corrected chi connectivity index (χ2v) is 8.81. The maximum Gasteiger partial charge on any atom is 0.0366 e. The van der Waals surface area contributed by atoms with Crippen molar-refractivity contribution in [1.82, 2.24) is 0 Å². The van der Waals surface area contributed by atoms with Gasteiger partial charge in [-0.1, -0.05) is 59.6 Å². The summed E-state index contributed by atoms with van der Waals surface area (Å²) >= 11 is 0. The first kappa shape index (κ1) is 17.4. The van der Waals surface area contributed by atoms with E-state index in [1.165, 1.54) is 50.0 Å². The fourth-order valence-electron chi connectivity index (χ4n) is 3.49. The summed E-state index contributed by atoms with van der Waals surface area (Å²) in [5.41, 5.74) is 3.25. The molecule has 0 bridgehead atoms. The van der Waals surface area contributed by atoms with Crippen molar-refractivity contribution in [2.24, 2.45) is 17.3 Å². The Morgan fingerprint density at radius 1 is 1.05 bits per heavy atom. The lowest BCUT2D eigenvalue weighted by Crippen LogP contribution is -2.33. The Bertz CT molecular complexity index is 430. The molecule has 0 N–H and O–H groups in total. The number of hydrogen-bond donors (Lipinski definition) is 0. The number of anilines is 1. The quantitative estimate of drug-likeness (QED) is 0.651. The van der Waals surface area contributed by atoms with Gasteiger partial charge >= 0.3 is 0 Å². The lowest BCUT2D eigenvalue weighted by molar-refractivity contribution is 0.351. The molecule has 0 saturated carbocycles. The van der Waals surface area contributed by atoms with Gasteiger partial charge in [0.15, 0.2) is 0 Å². The summed E-state index contributed by atoms with van der Waals surface area (Å²) in [5, 5.41) is 0. The maximum atomic E-state index is 2.58. The van der Waals surface area contributed by atoms with Crippen molar-refractivity contribution in [3.8, 4) is 0 Å². The predicted octanol–water partition coefficient (Wildman–Crippen LogP) is 5.93. The fraction of sp³-hybridized carbons (Fsp3) is 0.714. The zero-order valence-electron chi connectivity index (χ0n) is 15.4. The average Bonchev–Trinajstić information content (AvgIpc) is 2.45. The van der Waals surface area contributed by atoms with Crippen molar-refractivity contribution >= 4 is 5.69 Å². The Hall–Kier alpha value is -0.980. The molecule has 1 aliphatic rings. The zero-order valence-corrected chi connectivity index (χ0v) is 15.4. The van der Waals surface area contributed by atoms with Gasteiger partial charge in [0, 0.05) is 18.8 Å². The minimum atomic E-state index is 0.371. The Balaban J connectivity index is 1.84. The molecule has 124 valence electrons. The Kier molecular flexibility index (Phi) is 5.94. The van der Waals surface area contributed by atoms with Gasteiger partial charge in [-0.05, 0) is 54.2 Å². The minimum Gasteiger partial charge on any atom is -0.372 e. The second-order valence-electron chi connectivity index (χ2n) is 8.81. The van der Waals surface area contributed by atoms with Gasteiger partial charge in [-0.2, -0.15) is 0 Å². The van der Waals surface area contributed by atoms with Crippen molar-refractivity contribution in [2.75, 3.05) is 18.0 Å². The largest absolute Gasteiger partial charge is 0.372 e. The topological polar surface area (TPSA) is 3.24 Å². The van der Waals surface area contributed by atoms with E-state index in [1.54, 1.807) is 0 Å². The average molecular weight is 302 g/mol. The van der Waals surface area contributed by atoms with Crippen LogP contribution < -0.4 is 4.90 Å². The highest BCUT2D eigenvalue weighted by molar-refractivity contribution is 5.48. The summed E-state index contributed by atoms with van der Waals surface area (Å²) in [7, 11) is 0. The maximum absolute atomic E-state index is 2.58. The third-order valence-corrected chi connectivity index (χ3v) is 4.80. The van der Waals surface area contributed by atoms with Crippen LogP contribution in [-0.4, -0.2) is 13.1 Å². The van der Waals surface area contributed by atoms with Gasteiger partial charge < -0.3 is 4.90 Å². The van der Waals surface area contributed by atoms with Gasteiger partial charge in [0.1, 0.15) is 0 Å². The molecule has 0 spiro atoms. The first-order valence-electron chi connectivity index (χ1n) is 9.17. The molecular weight excluding hydrogens is 266 g/mol. The molecule has 0 aromatic heterocycles. The van der Waals surface area contributed by atoms with Crippen LogP contribution in [0.3, 0.4) is 0 Å². The molecule has 1 aromatic carbocycles. The standard InChI is InChI=1S/C21H35N/c1-17(2)6-7-18-12-14-22(15-13-18)20-10-8-19(9-11-20)16-21(3,4)5/h8-11,17-18H,6-7,12-16H2,1-5H3. The second kappa shape index (κ2) is 7.53. The van der Waals surface area contributed by atoms with Crippen LogP contribution in [0, 0.1) is 17.3 Å². The van der Waals surface area contributed by atoms with Gasteiger partial charge in [0.05, 0.1) is 0 Å². The molecule has 1 saturated heterocycles. The number of hydrogen-bond acceptors (Lipinski definition) is 1. The van der Waals surface area contributed by atoms with Crippen molar-refractivity contribution in [3.63, 3.8) is 0 Å². The molecular formula is C21H35N. The van der Waals surface area contributed by atoms with E-state index in [9.17, 15) is 0 Å². The monoisotopic (exact) mass is 301 g/mol. The van der Waals surface area contributed by atoms with E-state index < -0.39 is 0 Å². The van der Waals surface area contributed by atoms with Crippen LogP contribution in [0.2, 0.25) is 0 Å². The van der Waals surface area contributed by atoms with Crippen LogP contribution in [0.1, 0.15) is 65.9 Å². The van der Waals surface area contributed by atoms with Gasteiger partial charge in [-0.15, -0.1) is 0 Å². The summed E-state index contributed by atoms with van der Waals surface area (Å²) in [6.45, 7) is 14.1. The van der Waals surface area contributed by atoms with Crippen molar-refractivity contribution in [2.45, 2.75) is 66.7 Å². The molecule has 1 aliphatic heterocycles. The van der Waals surface area contributed by atoms with Crippen LogP contribution >= 0.6 is 0 Å². The third-order valence-electron chi connectivity index (χ3n) is 4.80. The van der Waals surface area contributed by atoms with Gasteiger partial charge in [-0.3, -0.25) is 0 Å². The number of nitrogens with zero attached hydrogens (tertiary/aromatic N) is 1. The van der Waals surface area contributed by atoms with E-state index in [1.807, 2.05) is 0 Å². The van der Waals surface area contributed by atoms with Crippen molar-refractivity contribution < 1.29 is 0 Å². The van der Waals surface area contributed by atoms with Crippen molar-refractivity contribution in [3.05, 3.63) is 29.8 Å². The normalized spacial score (nSPS) is 17.3. The highest BCUT2D eigenvalue weighted by Gasteiger charge is 2.19. The van der Waals surface area contributed by atoms with E-state index >= 15 is 0 Å². The Labute approximate surface area is 138 Å². The lowest BCUT2D eigenvalue weighted by atomic mass is 9.88. The molecule has 1 nitrogen and oxygen atoms in total. The van der Waals surface area contributed by atoms with Crippen LogP contribution in [0.25, 0.3) is 0 Å². The number of piperidine rings is 1. The summed E-state index contributed by atoms with van der Waals surface area (Å²) in [6.07, 6.45) is 6.72. The van der Waals surface area contributed by atoms with E-state index in [0.717, 1.165) is 18.3 Å². The molecule has 22 heavy (non-hydrogen) atoms. The first-order chi connectivity index (χ1) is 10.3. The molecule has 1 aromatic rings. The smallest absolute Gasteiger partial charge is 0.0366 e. The molecule has 0 radical (unpaired) electrons. The van der Waals surface area contributed by atoms with Gasteiger partial charge in [0.25, 0.3) is 0 Å². The fourth-order valence-corrected chi connectivity index (χ4v) is 3.49. The number of rotatable bonds is 5. The highest BCUT2D eigenvalue weighted by atomic mass is 15.1. The predicted molar refractivity (Wildman–Crippen MR) is 98.6 cm³/mol. The molecule has 2 rings (SSSR count). The summed E-state index contributed by atoms with van der Waals surface area (Å²) < 4.78 is 0. The molecule has 0 unspecified atom stereocenters. The summed E-state index contributed by atoms with van der Waals surface area (Å²) in [6, 6.07) is 9.31. The van der Waals surface area contributed by atoms with E-state index in [2.05, 4.69) is 63.8 Å². The minimum absolute atomic E-state index is 0.371. The molecule has 1 heterocycles. The SMILES string of the molecule is CC(C)CCC1CCN(c2ccc(CC(C)(C)C)cc2)CC1. The van der Waals surface area contributed by atoms with E-state index in [0.29, 0.717) is 5.41 Å². The van der Waals surface area contributed by atoms with E-state index in [-0.39, 0.29) is 0 Å². The van der Waals surface area contributed by atoms with Crippen LogP contribution in [0.4, 0.5) is 5.69 Å². The third kappa shape index (κ3) is 5.66. The van der Waals surface area contributed by atoms with Gasteiger partial charge in [-0.25, -0.2) is 0 Å². The summed E-state index contributed by atoms with van der Waals surface area (Å²) in [4.78, 5) is 2.58. The molecule has 1 heteroatoms. The van der Waals surface area contributed by atoms with Crippen LogP contribution in [0.15, 0.2) is 24.3 Å².